The number of carbonyl (C=O) groups is 7. The number of aromatic nitrogens is 2. The highest BCUT2D eigenvalue weighted by molar-refractivity contribution is 5.96. The van der Waals surface area contributed by atoms with E-state index in [0.717, 1.165) is 0 Å². The van der Waals surface area contributed by atoms with E-state index in [4.69, 9.17) is 21.7 Å². The molecule has 0 aliphatic heterocycles. The van der Waals surface area contributed by atoms with Gasteiger partial charge < -0.3 is 47.7 Å². The summed E-state index contributed by atoms with van der Waals surface area (Å²) in [6.45, 7) is 0. The number of carbonyl (C=O) groups excluding carboxylic acids is 4. The first-order chi connectivity index (χ1) is 17.3. The average molecular weight is 527 g/mol. The van der Waals surface area contributed by atoms with Gasteiger partial charge in [0.25, 0.3) is 0 Å². The minimum absolute atomic E-state index is 0.191. The number of amides is 4. The summed E-state index contributed by atoms with van der Waals surface area (Å²) in [7, 11) is 0. The van der Waals surface area contributed by atoms with Crippen LogP contribution >= 0.6 is 0 Å². The number of nitrogens with two attached hydrogens (primary N) is 2. The molecule has 4 atom stereocenters. The number of rotatable bonds is 17. The SMILES string of the molecule is NC(=O)CCC(NC(=O)C(CC(=O)O)NC(=O)C(N)CCC(=O)O)C(=O)NC(Cc1cnc[nH]1)C(=O)O. The summed E-state index contributed by atoms with van der Waals surface area (Å²) in [5.74, 6) is -8.13. The Labute approximate surface area is 209 Å². The van der Waals surface area contributed by atoms with Gasteiger partial charge >= 0.3 is 17.9 Å². The maximum atomic E-state index is 12.8. The number of hydrogen-bond acceptors (Lipinski definition) is 9. The molecule has 11 N–H and O–H groups in total. The van der Waals surface area contributed by atoms with E-state index in [1.807, 2.05) is 0 Å². The van der Waals surface area contributed by atoms with Gasteiger partial charge in [0.1, 0.15) is 18.1 Å². The Kier molecular flexibility index (Phi) is 12.2. The van der Waals surface area contributed by atoms with Gasteiger partial charge in [-0.2, -0.15) is 0 Å². The van der Waals surface area contributed by atoms with Crippen molar-refractivity contribution in [1.82, 2.24) is 25.9 Å². The van der Waals surface area contributed by atoms with E-state index in [-0.39, 0.29) is 19.3 Å². The summed E-state index contributed by atoms with van der Waals surface area (Å²) in [4.78, 5) is 89.0. The summed E-state index contributed by atoms with van der Waals surface area (Å²) >= 11 is 0. The number of nitrogens with one attached hydrogen (secondary N) is 4. The zero-order valence-corrected chi connectivity index (χ0v) is 19.5. The minimum atomic E-state index is -1.73. The summed E-state index contributed by atoms with van der Waals surface area (Å²) in [5, 5.41) is 33.8. The van der Waals surface area contributed by atoms with Crippen molar-refractivity contribution in [2.24, 2.45) is 11.5 Å². The molecule has 0 saturated heterocycles. The van der Waals surface area contributed by atoms with Gasteiger partial charge in [0.15, 0.2) is 0 Å². The van der Waals surface area contributed by atoms with Crippen molar-refractivity contribution in [2.45, 2.75) is 62.7 Å². The number of carboxylic acids is 3. The fourth-order valence-corrected chi connectivity index (χ4v) is 2.99. The van der Waals surface area contributed by atoms with Crippen LogP contribution in [0.3, 0.4) is 0 Å². The average Bonchev–Trinajstić information content (AvgIpc) is 3.31. The molecule has 17 nitrogen and oxygen atoms in total. The van der Waals surface area contributed by atoms with Gasteiger partial charge in [0, 0.05) is 31.2 Å². The van der Waals surface area contributed by atoms with Gasteiger partial charge in [-0.05, 0) is 12.8 Å². The number of nitrogens with zero attached hydrogens (tertiary/aromatic N) is 1. The molecule has 4 unspecified atom stereocenters. The van der Waals surface area contributed by atoms with Crippen molar-refractivity contribution in [1.29, 1.82) is 0 Å². The van der Waals surface area contributed by atoms with Crippen molar-refractivity contribution in [2.75, 3.05) is 0 Å². The van der Waals surface area contributed by atoms with E-state index in [0.29, 0.717) is 5.69 Å². The van der Waals surface area contributed by atoms with Crippen molar-refractivity contribution in [3.05, 3.63) is 18.2 Å². The van der Waals surface area contributed by atoms with Crippen LogP contribution in [-0.4, -0.2) is 91.0 Å². The van der Waals surface area contributed by atoms with Crippen molar-refractivity contribution >= 4 is 41.5 Å². The molecule has 0 aromatic carbocycles. The molecule has 1 aromatic rings. The van der Waals surface area contributed by atoms with E-state index in [1.54, 1.807) is 0 Å². The maximum Gasteiger partial charge on any atom is 0.326 e. The van der Waals surface area contributed by atoms with Crippen LogP contribution in [0, 0.1) is 0 Å². The Hall–Kier alpha value is -4.54. The highest BCUT2D eigenvalue weighted by atomic mass is 16.4. The lowest BCUT2D eigenvalue weighted by atomic mass is 10.1. The molecule has 0 spiro atoms. The second-order valence-electron chi connectivity index (χ2n) is 7.94. The zero-order chi connectivity index (χ0) is 28.1. The standard InChI is InChI=1S/C20H29N7O10/c21-10(1-4-15(29)30)17(33)26-12(6-16(31)32)19(35)25-11(2-3-14(22)28)18(34)27-13(20(36)37)5-9-7-23-8-24-9/h7-8,10-13H,1-6,21H2,(H2,22,28)(H,23,24)(H,25,35)(H,26,33)(H,27,34)(H,29,30)(H,31,32)(H,36,37). The van der Waals surface area contributed by atoms with Gasteiger partial charge in [-0.1, -0.05) is 0 Å². The van der Waals surface area contributed by atoms with Gasteiger partial charge in [-0.3, -0.25) is 28.8 Å². The Balaban J connectivity index is 3.00. The highest BCUT2D eigenvalue weighted by Crippen LogP contribution is 2.05. The van der Waals surface area contributed by atoms with Crippen LogP contribution in [0.25, 0.3) is 0 Å². The van der Waals surface area contributed by atoms with Crippen LogP contribution in [0.2, 0.25) is 0 Å². The molecule has 17 heteroatoms. The second-order valence-corrected chi connectivity index (χ2v) is 7.94. The lowest BCUT2D eigenvalue weighted by Gasteiger charge is -2.24. The Bertz CT molecular complexity index is 998. The lowest BCUT2D eigenvalue weighted by molar-refractivity contribution is -0.143. The molecular weight excluding hydrogens is 498 g/mol. The Morgan fingerprint density at radius 2 is 1.43 bits per heavy atom. The molecule has 37 heavy (non-hydrogen) atoms. The Morgan fingerprint density at radius 3 is 1.95 bits per heavy atom. The van der Waals surface area contributed by atoms with Crippen molar-refractivity contribution < 1.29 is 48.9 Å². The third-order valence-corrected chi connectivity index (χ3v) is 4.92. The third-order valence-electron chi connectivity index (χ3n) is 4.92. The second kappa shape index (κ2) is 14.8. The van der Waals surface area contributed by atoms with Crippen LogP contribution in [0.1, 0.15) is 37.8 Å². The topological polar surface area (TPSA) is 297 Å². The first kappa shape index (κ1) is 30.5. The van der Waals surface area contributed by atoms with Crippen molar-refractivity contribution in [3.63, 3.8) is 0 Å². The summed E-state index contributed by atoms with van der Waals surface area (Å²) in [6, 6.07) is -6.09. The molecule has 1 rings (SSSR count). The molecule has 0 fully saturated rings. The van der Waals surface area contributed by atoms with E-state index in [9.17, 15) is 38.7 Å². The van der Waals surface area contributed by atoms with Gasteiger partial charge in [0.2, 0.25) is 23.6 Å². The van der Waals surface area contributed by atoms with E-state index < -0.39 is 85.0 Å². The summed E-state index contributed by atoms with van der Waals surface area (Å²) in [5.41, 5.74) is 11.1. The molecule has 204 valence electrons. The monoisotopic (exact) mass is 527 g/mol. The maximum absolute atomic E-state index is 12.8. The van der Waals surface area contributed by atoms with Crippen LogP contribution in [0.15, 0.2) is 12.5 Å². The number of H-pyrrole nitrogens is 1. The van der Waals surface area contributed by atoms with E-state index >= 15 is 0 Å². The summed E-state index contributed by atoms with van der Waals surface area (Å²) < 4.78 is 0. The molecule has 0 aliphatic carbocycles. The minimum Gasteiger partial charge on any atom is -0.481 e. The smallest absolute Gasteiger partial charge is 0.326 e. The first-order valence-corrected chi connectivity index (χ1v) is 10.9. The predicted molar refractivity (Wildman–Crippen MR) is 121 cm³/mol. The quantitative estimate of drug-likeness (QED) is 0.0950. The first-order valence-electron chi connectivity index (χ1n) is 10.9. The largest absolute Gasteiger partial charge is 0.481 e. The number of carboxylic acid groups (broad SMARTS) is 3. The normalized spacial score (nSPS) is 13.9. The molecule has 0 bridgehead atoms. The number of primary amides is 1. The number of hydrogen-bond donors (Lipinski definition) is 9. The molecule has 0 aliphatic rings. The molecule has 0 saturated carbocycles. The third kappa shape index (κ3) is 11.6. The van der Waals surface area contributed by atoms with Crippen LogP contribution in [-0.2, 0) is 40.0 Å². The van der Waals surface area contributed by atoms with E-state index in [1.165, 1.54) is 12.5 Å². The fourth-order valence-electron chi connectivity index (χ4n) is 2.99. The zero-order valence-electron chi connectivity index (χ0n) is 19.5. The number of imidazole rings is 1. The van der Waals surface area contributed by atoms with Gasteiger partial charge in [-0.25, -0.2) is 9.78 Å². The predicted octanol–water partition coefficient (Wildman–Crippen LogP) is -3.58. The molecule has 1 aromatic heterocycles. The van der Waals surface area contributed by atoms with Crippen LogP contribution < -0.4 is 27.4 Å². The van der Waals surface area contributed by atoms with Gasteiger partial charge in [-0.15, -0.1) is 0 Å². The molecule has 4 amide bonds. The molecular formula is C20H29N7O10. The highest BCUT2D eigenvalue weighted by Gasteiger charge is 2.32. The van der Waals surface area contributed by atoms with Crippen molar-refractivity contribution in [3.8, 4) is 0 Å². The molecule has 1 heterocycles. The van der Waals surface area contributed by atoms with Crippen LogP contribution in [0.4, 0.5) is 0 Å². The summed E-state index contributed by atoms with van der Waals surface area (Å²) in [6.07, 6.45) is 0.0175. The Morgan fingerprint density at radius 1 is 0.838 bits per heavy atom. The lowest BCUT2D eigenvalue weighted by Crippen LogP contribution is -2.57. The van der Waals surface area contributed by atoms with E-state index in [2.05, 4.69) is 25.9 Å². The number of aromatic amines is 1. The number of aliphatic carboxylic acids is 3. The fraction of sp³-hybridized carbons (Fsp3) is 0.500. The van der Waals surface area contributed by atoms with Gasteiger partial charge in [0.05, 0.1) is 18.8 Å². The van der Waals surface area contributed by atoms with Crippen LogP contribution in [0.5, 0.6) is 0 Å². The molecule has 0 radical (unpaired) electrons.